The number of hydrogen-bond donors (Lipinski definition) is 1. The van der Waals surface area contributed by atoms with Gasteiger partial charge in [0.15, 0.2) is 5.13 Å². The molecule has 2 heterocycles. The topological polar surface area (TPSA) is 70.5 Å². The maximum absolute atomic E-state index is 13.4. The van der Waals surface area contributed by atoms with Crippen molar-refractivity contribution in [1.82, 2.24) is 4.98 Å². The smallest absolute Gasteiger partial charge is 0.301 e. The Morgan fingerprint density at radius 2 is 1.69 bits per heavy atom. The van der Waals surface area contributed by atoms with Crippen molar-refractivity contribution in [1.29, 1.82) is 0 Å². The zero-order chi connectivity index (χ0) is 24.9. The number of thiazole rings is 1. The van der Waals surface area contributed by atoms with Crippen molar-refractivity contribution in [2.75, 3.05) is 4.90 Å². The maximum atomic E-state index is 13.4. The molecular weight excluding hydrogens is 456 g/mol. The first-order chi connectivity index (χ1) is 16.8. The number of carbonyl (C=O) groups excluding carboxylic acids is 2. The van der Waals surface area contributed by atoms with E-state index in [0.29, 0.717) is 16.6 Å². The fraction of sp³-hybridized carbons (Fsp3) is 0.207. The van der Waals surface area contributed by atoms with E-state index < -0.39 is 17.7 Å². The molecule has 1 aromatic heterocycles. The van der Waals surface area contributed by atoms with Crippen molar-refractivity contribution in [3.63, 3.8) is 0 Å². The third kappa shape index (κ3) is 3.94. The van der Waals surface area contributed by atoms with Crippen LogP contribution in [0.3, 0.4) is 0 Å². The molecule has 1 fully saturated rings. The first-order valence-corrected chi connectivity index (χ1v) is 12.4. The molecule has 4 aromatic rings. The van der Waals surface area contributed by atoms with E-state index in [4.69, 9.17) is 4.98 Å². The number of aliphatic hydroxyl groups is 1. The number of amides is 1. The molecule has 3 aromatic carbocycles. The summed E-state index contributed by atoms with van der Waals surface area (Å²) in [7, 11) is 0. The summed E-state index contributed by atoms with van der Waals surface area (Å²) in [6.07, 6.45) is 0. The van der Waals surface area contributed by atoms with Crippen LogP contribution in [0, 0.1) is 13.8 Å². The summed E-state index contributed by atoms with van der Waals surface area (Å²) >= 11 is 1.38. The third-order valence-corrected chi connectivity index (χ3v) is 7.44. The molecule has 35 heavy (non-hydrogen) atoms. The van der Waals surface area contributed by atoms with Crippen LogP contribution in [0.4, 0.5) is 5.13 Å². The normalized spacial score (nSPS) is 17.6. The molecule has 1 aliphatic heterocycles. The van der Waals surface area contributed by atoms with Crippen molar-refractivity contribution >= 4 is 44.1 Å². The lowest BCUT2D eigenvalue weighted by atomic mass is 9.93. The average molecular weight is 483 g/mol. The number of carbonyl (C=O) groups is 2. The van der Waals surface area contributed by atoms with Crippen LogP contribution in [0.1, 0.15) is 53.6 Å². The van der Waals surface area contributed by atoms with E-state index in [2.05, 4.69) is 19.9 Å². The molecule has 1 aliphatic rings. The highest BCUT2D eigenvalue weighted by molar-refractivity contribution is 7.22. The molecule has 1 amide bonds. The highest BCUT2D eigenvalue weighted by Crippen LogP contribution is 2.44. The molecule has 0 saturated carbocycles. The van der Waals surface area contributed by atoms with Crippen LogP contribution in [0.15, 0.2) is 72.3 Å². The van der Waals surface area contributed by atoms with Gasteiger partial charge in [0, 0.05) is 5.56 Å². The Labute approximate surface area is 208 Å². The quantitative estimate of drug-likeness (QED) is 0.200. The standard InChI is InChI=1S/C29H26N2O3S/c1-16(2)19-10-12-20(13-11-19)25-23(26(32)21-8-6-5-7-9-21)27(33)28(34)31(25)29-30-24-18(4)14-17(3)15-22(24)35-29/h5-16,25,32H,1-4H3/b26-23+/t25-/m1/s1. The number of hydrogen-bond acceptors (Lipinski definition) is 5. The minimum Gasteiger partial charge on any atom is -0.507 e. The van der Waals surface area contributed by atoms with Gasteiger partial charge in [-0.2, -0.15) is 0 Å². The Morgan fingerprint density at radius 1 is 1.00 bits per heavy atom. The second-order valence-electron chi connectivity index (χ2n) is 9.28. The van der Waals surface area contributed by atoms with E-state index in [0.717, 1.165) is 32.5 Å². The van der Waals surface area contributed by atoms with Gasteiger partial charge >= 0.3 is 5.91 Å². The number of nitrogens with zero attached hydrogens (tertiary/aromatic N) is 2. The van der Waals surface area contributed by atoms with Crippen LogP contribution in [-0.2, 0) is 9.59 Å². The predicted molar refractivity (Wildman–Crippen MR) is 141 cm³/mol. The first-order valence-electron chi connectivity index (χ1n) is 11.6. The van der Waals surface area contributed by atoms with Gasteiger partial charge in [-0.25, -0.2) is 4.98 Å². The lowest BCUT2D eigenvalue weighted by Crippen LogP contribution is -2.29. The van der Waals surface area contributed by atoms with Gasteiger partial charge in [0.1, 0.15) is 5.76 Å². The van der Waals surface area contributed by atoms with Crippen molar-refractivity contribution in [2.24, 2.45) is 0 Å². The van der Waals surface area contributed by atoms with Crippen molar-refractivity contribution in [3.05, 3.63) is 100 Å². The van der Waals surface area contributed by atoms with Crippen LogP contribution in [0.2, 0.25) is 0 Å². The Morgan fingerprint density at radius 3 is 2.34 bits per heavy atom. The van der Waals surface area contributed by atoms with Crippen LogP contribution >= 0.6 is 11.3 Å². The summed E-state index contributed by atoms with van der Waals surface area (Å²) in [6.45, 7) is 8.24. The van der Waals surface area contributed by atoms with E-state index >= 15 is 0 Å². The molecule has 176 valence electrons. The molecule has 1 atom stereocenters. The number of anilines is 1. The van der Waals surface area contributed by atoms with E-state index in [1.807, 2.05) is 50.2 Å². The number of rotatable bonds is 4. The molecule has 0 bridgehead atoms. The number of benzene rings is 3. The molecule has 6 heteroatoms. The Balaban J connectivity index is 1.73. The largest absolute Gasteiger partial charge is 0.507 e. The second-order valence-corrected chi connectivity index (χ2v) is 10.3. The predicted octanol–water partition coefficient (Wildman–Crippen LogP) is 6.66. The second kappa shape index (κ2) is 8.78. The number of ketones is 1. The maximum Gasteiger partial charge on any atom is 0.301 e. The average Bonchev–Trinajstić information content (AvgIpc) is 3.38. The van der Waals surface area contributed by atoms with Gasteiger partial charge in [0.05, 0.1) is 21.8 Å². The SMILES string of the molecule is Cc1cc(C)c2nc(N3C(=O)C(=O)/C(=C(/O)c4ccccc4)[C@H]3c3ccc(C(C)C)cc3)sc2c1. The van der Waals surface area contributed by atoms with E-state index in [1.165, 1.54) is 16.2 Å². The number of aryl methyl sites for hydroxylation is 2. The highest BCUT2D eigenvalue weighted by Gasteiger charge is 2.48. The van der Waals surface area contributed by atoms with E-state index in [1.54, 1.807) is 24.3 Å². The van der Waals surface area contributed by atoms with Crippen molar-refractivity contribution in [2.45, 2.75) is 39.7 Å². The van der Waals surface area contributed by atoms with E-state index in [9.17, 15) is 14.7 Å². The summed E-state index contributed by atoms with van der Waals surface area (Å²) in [6, 6.07) is 20.1. The molecule has 0 radical (unpaired) electrons. The molecule has 5 rings (SSSR count). The van der Waals surface area contributed by atoms with Crippen LogP contribution in [0.25, 0.3) is 16.0 Å². The number of fused-ring (bicyclic) bond motifs is 1. The summed E-state index contributed by atoms with van der Waals surface area (Å²) in [5.74, 6) is -1.24. The summed E-state index contributed by atoms with van der Waals surface area (Å²) in [5, 5.41) is 11.7. The summed E-state index contributed by atoms with van der Waals surface area (Å²) in [5.41, 5.74) is 5.40. The van der Waals surface area contributed by atoms with Crippen molar-refractivity contribution < 1.29 is 14.7 Å². The number of Topliss-reactive ketones (excluding diaryl/α,β-unsaturated/α-hetero) is 1. The van der Waals surface area contributed by atoms with Crippen LogP contribution < -0.4 is 4.90 Å². The summed E-state index contributed by atoms with van der Waals surface area (Å²) in [4.78, 5) is 33.0. The van der Waals surface area contributed by atoms with Gasteiger partial charge in [-0.05, 0) is 48.1 Å². The molecule has 0 spiro atoms. The van der Waals surface area contributed by atoms with Gasteiger partial charge in [0.2, 0.25) is 0 Å². The Kier molecular flexibility index (Phi) is 5.77. The monoisotopic (exact) mass is 482 g/mol. The number of aliphatic hydroxyl groups excluding tert-OH is 1. The zero-order valence-corrected chi connectivity index (χ0v) is 20.9. The van der Waals surface area contributed by atoms with Gasteiger partial charge in [-0.15, -0.1) is 0 Å². The molecule has 5 nitrogen and oxygen atoms in total. The highest BCUT2D eigenvalue weighted by atomic mass is 32.1. The van der Waals surface area contributed by atoms with Gasteiger partial charge in [-0.3, -0.25) is 14.5 Å². The molecule has 1 N–H and O–H groups in total. The van der Waals surface area contributed by atoms with Gasteiger partial charge in [-0.1, -0.05) is 85.8 Å². The third-order valence-electron chi connectivity index (χ3n) is 6.44. The zero-order valence-electron chi connectivity index (χ0n) is 20.1. The Hall–Kier alpha value is -3.77. The lowest BCUT2D eigenvalue weighted by Gasteiger charge is -2.23. The summed E-state index contributed by atoms with van der Waals surface area (Å²) < 4.78 is 0.955. The fourth-order valence-corrected chi connectivity index (χ4v) is 5.79. The molecule has 0 unspecified atom stereocenters. The fourth-order valence-electron chi connectivity index (χ4n) is 4.62. The number of aromatic nitrogens is 1. The van der Waals surface area contributed by atoms with Gasteiger partial charge in [0.25, 0.3) is 5.78 Å². The van der Waals surface area contributed by atoms with Gasteiger partial charge < -0.3 is 5.11 Å². The minimum atomic E-state index is -0.779. The van der Waals surface area contributed by atoms with Crippen molar-refractivity contribution in [3.8, 4) is 0 Å². The van der Waals surface area contributed by atoms with E-state index in [-0.39, 0.29) is 11.3 Å². The van der Waals surface area contributed by atoms with Crippen LogP contribution in [-0.4, -0.2) is 21.8 Å². The molecule has 0 aliphatic carbocycles. The molecular formula is C29H26N2O3S. The lowest BCUT2D eigenvalue weighted by molar-refractivity contribution is -0.132. The first kappa shape index (κ1) is 23.0. The molecule has 1 saturated heterocycles. The van der Waals surface area contributed by atoms with Crippen LogP contribution in [0.5, 0.6) is 0 Å². The Bertz CT molecular complexity index is 1480. The minimum absolute atomic E-state index is 0.0747.